The molecule has 11 heteroatoms. The largest absolute Gasteiger partial charge is 0.496 e. The molecule has 1 fully saturated rings. The van der Waals surface area contributed by atoms with Gasteiger partial charge < -0.3 is 14.8 Å². The fourth-order valence-corrected chi connectivity index (χ4v) is 4.23. The lowest BCUT2D eigenvalue weighted by Crippen LogP contribution is -2.47. The zero-order valence-electron chi connectivity index (χ0n) is 18.8. The minimum Gasteiger partial charge on any atom is -0.496 e. The van der Waals surface area contributed by atoms with E-state index in [4.69, 9.17) is 9.47 Å². The smallest absolute Gasteiger partial charge is 0.417 e. The molecule has 0 bridgehead atoms. The predicted molar refractivity (Wildman–Crippen MR) is 111 cm³/mol. The van der Waals surface area contributed by atoms with E-state index in [1.54, 1.807) is 6.07 Å². The van der Waals surface area contributed by atoms with Gasteiger partial charge in [0.2, 0.25) is 0 Å². The molecule has 4 atom stereocenters. The molecule has 2 heterocycles. The molecule has 0 spiro atoms. The van der Waals surface area contributed by atoms with Gasteiger partial charge in [-0.3, -0.25) is 9.78 Å². The molecule has 1 aliphatic heterocycles. The Morgan fingerprint density at radius 2 is 1.94 bits per heavy atom. The van der Waals surface area contributed by atoms with Gasteiger partial charge in [-0.05, 0) is 31.5 Å². The summed E-state index contributed by atoms with van der Waals surface area (Å²) in [6, 6.07) is 4.94. The second-order valence-corrected chi connectivity index (χ2v) is 8.22. The number of rotatable bonds is 6. The van der Waals surface area contributed by atoms with Crippen molar-refractivity contribution >= 4 is 11.6 Å². The first-order chi connectivity index (χ1) is 15.9. The van der Waals surface area contributed by atoms with Crippen molar-refractivity contribution in [1.82, 2.24) is 4.98 Å². The molecule has 0 radical (unpaired) electrons. The fraction of sp³-hybridized carbons (Fsp3) is 0.478. The Morgan fingerprint density at radius 3 is 2.44 bits per heavy atom. The number of alkyl halides is 5. The SMILES string of the molecule is CCc1ccc(NC(=O)[C@@H]2O[C@@](C)(C(F)(F)F)[C@@H](C)[C@H]2c2ccc(F)c(C(F)F)c2OC)cn1. The predicted octanol–water partition coefficient (Wildman–Crippen LogP) is 5.81. The zero-order valence-corrected chi connectivity index (χ0v) is 18.8. The van der Waals surface area contributed by atoms with Crippen molar-refractivity contribution in [3.63, 3.8) is 0 Å². The number of hydrogen-bond acceptors (Lipinski definition) is 4. The molecule has 3 rings (SSSR count). The number of carbonyl (C=O) groups is 1. The third-order valence-corrected chi connectivity index (χ3v) is 6.34. The molecule has 0 aliphatic carbocycles. The van der Waals surface area contributed by atoms with E-state index in [-0.39, 0.29) is 11.3 Å². The number of pyridine rings is 1. The molecular weight excluding hydrogens is 466 g/mol. The van der Waals surface area contributed by atoms with Crippen LogP contribution in [0.5, 0.6) is 5.75 Å². The molecule has 1 aromatic carbocycles. The number of halogens is 6. The average Bonchev–Trinajstić information content (AvgIpc) is 3.05. The Hall–Kier alpha value is -2.82. The summed E-state index contributed by atoms with van der Waals surface area (Å²) in [6.07, 6.45) is -7.93. The highest BCUT2D eigenvalue weighted by Crippen LogP contribution is 2.55. The number of benzene rings is 1. The van der Waals surface area contributed by atoms with Gasteiger partial charge in [-0.15, -0.1) is 0 Å². The first-order valence-electron chi connectivity index (χ1n) is 10.5. The Kier molecular flexibility index (Phi) is 7.16. The van der Waals surface area contributed by atoms with Gasteiger partial charge in [0.15, 0.2) is 5.60 Å². The van der Waals surface area contributed by atoms with E-state index < -0.39 is 59.2 Å². The first-order valence-corrected chi connectivity index (χ1v) is 10.5. The van der Waals surface area contributed by atoms with Crippen LogP contribution >= 0.6 is 0 Å². The topological polar surface area (TPSA) is 60.5 Å². The van der Waals surface area contributed by atoms with E-state index in [2.05, 4.69) is 10.3 Å². The van der Waals surface area contributed by atoms with E-state index in [0.29, 0.717) is 6.42 Å². The van der Waals surface area contributed by atoms with Crippen LogP contribution in [0.1, 0.15) is 49.9 Å². The number of nitrogens with one attached hydrogen (secondary N) is 1. The second-order valence-electron chi connectivity index (χ2n) is 8.22. The van der Waals surface area contributed by atoms with Crippen LogP contribution in [0.4, 0.5) is 32.0 Å². The van der Waals surface area contributed by atoms with Crippen LogP contribution in [0.3, 0.4) is 0 Å². The molecular formula is C23H24F6N2O3. The third kappa shape index (κ3) is 4.45. The second kappa shape index (κ2) is 9.44. The van der Waals surface area contributed by atoms with Crippen LogP contribution in [-0.4, -0.2) is 35.9 Å². The summed E-state index contributed by atoms with van der Waals surface area (Å²) in [5.74, 6) is -5.60. The van der Waals surface area contributed by atoms with Crippen molar-refractivity contribution in [3.8, 4) is 5.75 Å². The van der Waals surface area contributed by atoms with Crippen LogP contribution in [0.2, 0.25) is 0 Å². The summed E-state index contributed by atoms with van der Waals surface area (Å²) in [4.78, 5) is 17.2. The van der Waals surface area contributed by atoms with Gasteiger partial charge in [-0.2, -0.15) is 13.2 Å². The van der Waals surface area contributed by atoms with Gasteiger partial charge >= 0.3 is 6.18 Å². The lowest BCUT2D eigenvalue weighted by atomic mass is 9.76. The van der Waals surface area contributed by atoms with E-state index in [0.717, 1.165) is 31.9 Å². The molecule has 1 aliphatic rings. The zero-order chi connectivity index (χ0) is 25.4. The number of aryl methyl sites for hydroxylation is 1. The summed E-state index contributed by atoms with van der Waals surface area (Å²) >= 11 is 0. The number of amides is 1. The van der Waals surface area contributed by atoms with Crippen molar-refractivity contribution in [2.45, 2.75) is 57.4 Å². The van der Waals surface area contributed by atoms with E-state index >= 15 is 0 Å². The van der Waals surface area contributed by atoms with E-state index in [9.17, 15) is 31.1 Å². The van der Waals surface area contributed by atoms with Crippen molar-refractivity contribution in [3.05, 3.63) is 53.1 Å². The standard InChI is InChI=1S/C23H24F6N2O3/c1-5-12-6-7-13(10-30-12)31-21(32)19-16(11(2)22(3,34-19)23(27,28)29)14-8-9-15(24)17(20(25)26)18(14)33-4/h6-11,16,19-20H,5H2,1-4H3,(H,31,32)/t11-,16-,19+,22+/m0/s1. The van der Waals surface area contributed by atoms with Gasteiger partial charge in [-0.25, -0.2) is 13.2 Å². The maximum Gasteiger partial charge on any atom is 0.417 e. The van der Waals surface area contributed by atoms with E-state index in [1.165, 1.54) is 19.2 Å². The summed E-state index contributed by atoms with van der Waals surface area (Å²) in [5.41, 5.74) is -3.10. The highest BCUT2D eigenvalue weighted by molar-refractivity contribution is 5.95. The maximum atomic E-state index is 14.1. The summed E-state index contributed by atoms with van der Waals surface area (Å²) in [7, 11) is 1.00. The van der Waals surface area contributed by atoms with Crippen LogP contribution in [0.25, 0.3) is 0 Å². The quantitative estimate of drug-likeness (QED) is 0.520. The molecule has 1 saturated heterocycles. The lowest BCUT2D eigenvalue weighted by Gasteiger charge is -2.32. The van der Waals surface area contributed by atoms with Gasteiger partial charge in [0.05, 0.1) is 24.6 Å². The molecule has 186 valence electrons. The van der Waals surface area contributed by atoms with Crippen LogP contribution in [-0.2, 0) is 16.0 Å². The third-order valence-electron chi connectivity index (χ3n) is 6.34. The molecule has 1 aromatic heterocycles. The van der Waals surface area contributed by atoms with Gasteiger partial charge in [0.1, 0.15) is 17.7 Å². The summed E-state index contributed by atoms with van der Waals surface area (Å²) in [5, 5.41) is 2.47. The fourth-order valence-electron chi connectivity index (χ4n) is 4.23. The average molecular weight is 490 g/mol. The summed E-state index contributed by atoms with van der Waals surface area (Å²) < 4.78 is 93.6. The van der Waals surface area contributed by atoms with Crippen molar-refractivity contribution in [2.24, 2.45) is 5.92 Å². The van der Waals surface area contributed by atoms with Gasteiger partial charge in [-0.1, -0.05) is 19.9 Å². The van der Waals surface area contributed by atoms with Crippen LogP contribution in [0, 0.1) is 11.7 Å². The minimum atomic E-state index is -4.89. The molecule has 34 heavy (non-hydrogen) atoms. The number of hydrogen-bond donors (Lipinski definition) is 1. The number of methoxy groups -OCH3 is 1. The Labute approximate surface area is 192 Å². The number of nitrogens with zero attached hydrogens (tertiary/aromatic N) is 1. The first kappa shape index (κ1) is 25.8. The van der Waals surface area contributed by atoms with Crippen molar-refractivity contribution in [1.29, 1.82) is 0 Å². The van der Waals surface area contributed by atoms with Crippen LogP contribution < -0.4 is 10.1 Å². The summed E-state index contributed by atoms with van der Waals surface area (Å²) in [6.45, 7) is 3.87. The van der Waals surface area contributed by atoms with E-state index in [1.807, 2.05) is 6.92 Å². The molecule has 5 nitrogen and oxygen atoms in total. The highest BCUT2D eigenvalue weighted by Gasteiger charge is 2.65. The van der Waals surface area contributed by atoms with Gasteiger partial charge in [0, 0.05) is 23.1 Å². The Morgan fingerprint density at radius 1 is 1.26 bits per heavy atom. The normalized spacial score (nSPS) is 25.0. The minimum absolute atomic E-state index is 0.181. The number of ether oxygens (including phenoxy) is 2. The number of aromatic nitrogens is 1. The number of carbonyl (C=O) groups excluding carboxylic acids is 1. The highest BCUT2D eigenvalue weighted by atomic mass is 19.4. The lowest BCUT2D eigenvalue weighted by molar-refractivity contribution is -0.272. The van der Waals surface area contributed by atoms with Gasteiger partial charge in [0.25, 0.3) is 12.3 Å². The molecule has 1 amide bonds. The monoisotopic (exact) mass is 490 g/mol. The molecule has 0 saturated carbocycles. The van der Waals surface area contributed by atoms with Crippen molar-refractivity contribution in [2.75, 3.05) is 12.4 Å². The molecule has 0 unspecified atom stereocenters. The number of anilines is 1. The molecule has 2 aromatic rings. The van der Waals surface area contributed by atoms with Crippen LogP contribution in [0.15, 0.2) is 30.5 Å². The Bertz CT molecular complexity index is 1040. The maximum absolute atomic E-state index is 14.1. The Balaban J connectivity index is 2.10. The van der Waals surface area contributed by atoms with Crippen molar-refractivity contribution < 1.29 is 40.6 Å². The molecule has 1 N–H and O–H groups in total.